The largest absolute Gasteiger partial charge is 0.502 e. The number of carbonyl (C=O) groups excluding carboxylic acids is 1. The number of nitrogens with one attached hydrogen (secondary N) is 1. The molecule has 1 aliphatic carbocycles. The lowest BCUT2D eigenvalue weighted by Gasteiger charge is -2.11. The number of nitrogens with zero attached hydrogens (tertiary/aromatic N) is 1. The molecule has 3 aromatic rings. The molecule has 0 fully saturated rings. The predicted octanol–water partition coefficient (Wildman–Crippen LogP) is 4.85. The summed E-state index contributed by atoms with van der Waals surface area (Å²) in [6.07, 6.45) is 5.68. The van der Waals surface area contributed by atoms with Gasteiger partial charge >= 0.3 is 0 Å². The first-order valence-corrected chi connectivity index (χ1v) is 11.2. The van der Waals surface area contributed by atoms with E-state index in [0.717, 1.165) is 44.7 Å². The number of phenolic OH excluding ortho intramolecular Hbond substituents is 1. The second kappa shape index (κ2) is 10.3. The van der Waals surface area contributed by atoms with Gasteiger partial charge < -0.3 is 24.6 Å². The number of hydrogen-bond acceptors (Lipinski definition) is 6. The Kier molecular flexibility index (Phi) is 7.06. The van der Waals surface area contributed by atoms with E-state index in [1.54, 1.807) is 31.6 Å². The Balaban J connectivity index is 1.70. The molecule has 1 amide bonds. The third-order valence-electron chi connectivity index (χ3n) is 6.06. The summed E-state index contributed by atoms with van der Waals surface area (Å²) in [7, 11) is 4.62. The molecule has 0 spiro atoms. The van der Waals surface area contributed by atoms with Crippen molar-refractivity contribution in [2.24, 2.45) is 0 Å². The Morgan fingerprint density at radius 2 is 1.77 bits per heavy atom. The van der Waals surface area contributed by atoms with E-state index in [0.29, 0.717) is 18.0 Å². The van der Waals surface area contributed by atoms with Gasteiger partial charge in [-0.25, -0.2) is 0 Å². The lowest BCUT2D eigenvalue weighted by atomic mass is 10.00. The van der Waals surface area contributed by atoms with Gasteiger partial charge in [0, 0.05) is 18.9 Å². The predicted molar refractivity (Wildman–Crippen MR) is 135 cm³/mol. The van der Waals surface area contributed by atoms with Crippen molar-refractivity contribution in [1.82, 2.24) is 10.3 Å². The molecule has 0 radical (unpaired) electrons. The molecule has 35 heavy (non-hydrogen) atoms. The third-order valence-corrected chi connectivity index (χ3v) is 6.06. The number of phenols is 1. The number of methoxy groups -OCH3 is 3. The number of fused-ring (bicyclic) bond motifs is 1. The van der Waals surface area contributed by atoms with Gasteiger partial charge in [0.1, 0.15) is 5.75 Å². The number of aromatic nitrogens is 1. The highest BCUT2D eigenvalue weighted by Gasteiger charge is 2.26. The molecule has 7 heteroatoms. The lowest BCUT2D eigenvalue weighted by Crippen LogP contribution is -2.22. The van der Waals surface area contributed by atoms with Crippen LogP contribution in [0.3, 0.4) is 0 Å². The summed E-state index contributed by atoms with van der Waals surface area (Å²) in [4.78, 5) is 17.0. The third kappa shape index (κ3) is 4.99. The quantitative estimate of drug-likeness (QED) is 0.487. The maximum atomic E-state index is 12.9. The fraction of sp³-hybridized carbons (Fsp3) is 0.214. The Hall–Kier alpha value is -4.26. The van der Waals surface area contributed by atoms with E-state index < -0.39 is 0 Å². The first-order valence-electron chi connectivity index (χ1n) is 11.2. The standard InChI is InChI=1S/C28H28N2O5/c1-17-22(10-19-11-25(34-3)28(32)26(12-19)35-4)21-8-7-20(33-2)13-24(21)23(17)14-27(31)30-16-18-6-5-9-29-15-18/h5-13,15,32H,14,16H2,1-4H3,(H,30,31). The number of pyridine rings is 1. The van der Waals surface area contributed by atoms with Gasteiger partial charge in [-0.3, -0.25) is 9.78 Å². The highest BCUT2D eigenvalue weighted by Crippen LogP contribution is 2.46. The molecule has 2 N–H and O–H groups in total. The molecule has 180 valence electrons. The number of hydrogen-bond donors (Lipinski definition) is 2. The minimum absolute atomic E-state index is 0.0491. The van der Waals surface area contributed by atoms with Crippen LogP contribution in [0.5, 0.6) is 23.0 Å². The number of ether oxygens (including phenoxy) is 3. The molecule has 1 aromatic heterocycles. The Morgan fingerprint density at radius 3 is 2.40 bits per heavy atom. The first kappa shape index (κ1) is 23.9. The summed E-state index contributed by atoms with van der Waals surface area (Å²) in [5.41, 5.74) is 6.62. The highest BCUT2D eigenvalue weighted by atomic mass is 16.5. The van der Waals surface area contributed by atoms with Gasteiger partial charge in [0.25, 0.3) is 0 Å². The zero-order valence-corrected chi connectivity index (χ0v) is 20.2. The van der Waals surface area contributed by atoms with Crippen LogP contribution in [0.15, 0.2) is 60.4 Å². The molecule has 0 atom stereocenters. The summed E-state index contributed by atoms with van der Waals surface area (Å²) in [6.45, 7) is 2.43. The topological polar surface area (TPSA) is 89.9 Å². The molecule has 0 saturated heterocycles. The van der Waals surface area contributed by atoms with Crippen LogP contribution in [0.1, 0.15) is 35.6 Å². The van der Waals surface area contributed by atoms with Crippen molar-refractivity contribution in [2.45, 2.75) is 19.9 Å². The van der Waals surface area contributed by atoms with Crippen molar-refractivity contribution >= 4 is 23.1 Å². The van der Waals surface area contributed by atoms with Crippen LogP contribution in [0.25, 0.3) is 17.2 Å². The summed E-state index contributed by atoms with van der Waals surface area (Å²) >= 11 is 0. The van der Waals surface area contributed by atoms with E-state index in [2.05, 4.69) is 10.3 Å². The van der Waals surface area contributed by atoms with E-state index >= 15 is 0 Å². The van der Waals surface area contributed by atoms with Crippen LogP contribution in [-0.4, -0.2) is 37.3 Å². The van der Waals surface area contributed by atoms with Gasteiger partial charge in [0.05, 0.1) is 27.8 Å². The zero-order valence-electron chi connectivity index (χ0n) is 20.2. The van der Waals surface area contributed by atoms with Crippen LogP contribution in [0.4, 0.5) is 0 Å². The summed E-state index contributed by atoms with van der Waals surface area (Å²) in [5.74, 6) is 1.23. The van der Waals surface area contributed by atoms with E-state index in [4.69, 9.17) is 14.2 Å². The second-order valence-corrected chi connectivity index (χ2v) is 8.16. The average molecular weight is 473 g/mol. The number of aromatic hydroxyl groups is 1. The number of amides is 1. The van der Waals surface area contributed by atoms with Crippen LogP contribution in [0.2, 0.25) is 0 Å². The summed E-state index contributed by atoms with van der Waals surface area (Å²) < 4.78 is 16.1. The number of allylic oxidation sites excluding steroid dienone is 2. The Labute approximate surface area is 204 Å². The summed E-state index contributed by atoms with van der Waals surface area (Å²) in [5, 5.41) is 13.3. The lowest BCUT2D eigenvalue weighted by molar-refractivity contribution is -0.120. The van der Waals surface area contributed by atoms with Gasteiger partial charge in [-0.05, 0) is 82.3 Å². The van der Waals surface area contributed by atoms with Crippen LogP contribution in [0, 0.1) is 0 Å². The average Bonchev–Trinajstić information content (AvgIpc) is 3.13. The van der Waals surface area contributed by atoms with E-state index in [1.807, 2.05) is 43.3 Å². The summed E-state index contributed by atoms with van der Waals surface area (Å²) in [6, 6.07) is 13.1. The molecule has 7 nitrogen and oxygen atoms in total. The number of benzene rings is 2. The van der Waals surface area contributed by atoms with Crippen LogP contribution in [-0.2, 0) is 11.3 Å². The minimum atomic E-state index is -0.0776. The van der Waals surface area contributed by atoms with Gasteiger partial charge in [0.2, 0.25) is 11.7 Å². The van der Waals surface area contributed by atoms with Gasteiger partial charge in [0.15, 0.2) is 11.5 Å². The molecule has 4 rings (SSSR count). The van der Waals surface area contributed by atoms with Crippen molar-refractivity contribution in [3.05, 3.63) is 82.7 Å². The Bertz CT molecular complexity index is 1290. The maximum absolute atomic E-state index is 12.9. The molecule has 0 bridgehead atoms. The van der Waals surface area contributed by atoms with Gasteiger partial charge in [-0.1, -0.05) is 12.1 Å². The fourth-order valence-corrected chi connectivity index (χ4v) is 4.21. The molecule has 2 aromatic carbocycles. The van der Waals surface area contributed by atoms with Crippen molar-refractivity contribution in [3.63, 3.8) is 0 Å². The van der Waals surface area contributed by atoms with Crippen molar-refractivity contribution < 1.29 is 24.1 Å². The highest BCUT2D eigenvalue weighted by molar-refractivity contribution is 6.08. The van der Waals surface area contributed by atoms with Crippen LogP contribution < -0.4 is 19.5 Å². The normalized spacial score (nSPS) is 13.5. The van der Waals surface area contributed by atoms with Crippen molar-refractivity contribution in [3.8, 4) is 23.0 Å². The van der Waals surface area contributed by atoms with Crippen molar-refractivity contribution in [1.29, 1.82) is 0 Å². The number of carbonyl (C=O) groups is 1. The molecule has 1 heterocycles. The van der Waals surface area contributed by atoms with Gasteiger partial charge in [-0.2, -0.15) is 0 Å². The smallest absolute Gasteiger partial charge is 0.224 e. The SMILES string of the molecule is COc1ccc2c(c1)C(CC(=O)NCc1cccnc1)=C(C)C2=Cc1cc(OC)c(O)c(OC)c1. The number of rotatable bonds is 8. The van der Waals surface area contributed by atoms with E-state index in [-0.39, 0.29) is 18.1 Å². The van der Waals surface area contributed by atoms with Gasteiger partial charge in [-0.15, -0.1) is 0 Å². The van der Waals surface area contributed by atoms with E-state index in [1.165, 1.54) is 14.2 Å². The molecular formula is C28H28N2O5. The minimum Gasteiger partial charge on any atom is -0.502 e. The molecule has 0 unspecified atom stereocenters. The molecule has 0 aliphatic heterocycles. The van der Waals surface area contributed by atoms with Crippen molar-refractivity contribution in [2.75, 3.05) is 21.3 Å². The second-order valence-electron chi connectivity index (χ2n) is 8.16. The Morgan fingerprint density at radius 1 is 1.03 bits per heavy atom. The van der Waals surface area contributed by atoms with E-state index in [9.17, 15) is 9.90 Å². The maximum Gasteiger partial charge on any atom is 0.224 e. The first-order chi connectivity index (χ1) is 16.9. The zero-order chi connectivity index (χ0) is 24.9. The van der Waals surface area contributed by atoms with Crippen LogP contribution >= 0.6 is 0 Å². The monoisotopic (exact) mass is 472 g/mol. The fourth-order valence-electron chi connectivity index (χ4n) is 4.21. The molecule has 1 aliphatic rings. The molecule has 0 saturated carbocycles. The molecular weight excluding hydrogens is 444 g/mol.